The molecule has 3 aromatic rings. The van der Waals surface area contributed by atoms with Crippen molar-refractivity contribution in [3.63, 3.8) is 0 Å². The van der Waals surface area contributed by atoms with E-state index in [0.717, 1.165) is 6.07 Å². The Morgan fingerprint density at radius 1 is 0.619 bits per heavy atom. The highest BCUT2D eigenvalue weighted by molar-refractivity contribution is 5.86. The van der Waals surface area contributed by atoms with E-state index in [2.05, 4.69) is 4.98 Å². The molecule has 0 aliphatic rings. The van der Waals surface area contributed by atoms with Gasteiger partial charge in [0, 0.05) is 22.7 Å². The van der Waals surface area contributed by atoms with E-state index in [1.165, 1.54) is 18.3 Å². The van der Waals surface area contributed by atoms with Gasteiger partial charge in [-0.15, -0.1) is 0 Å². The second-order valence-electron chi connectivity index (χ2n) is 4.31. The lowest BCUT2D eigenvalue weighted by Gasteiger charge is -2.09. The van der Waals surface area contributed by atoms with Crippen LogP contribution in [0.3, 0.4) is 0 Å². The van der Waals surface area contributed by atoms with E-state index in [4.69, 9.17) is 0 Å². The molecule has 108 valence electrons. The number of fused-ring (bicyclic) bond motifs is 1. The van der Waals surface area contributed by atoms with Crippen molar-refractivity contribution >= 4 is 10.9 Å². The molecule has 0 saturated carbocycles. The van der Waals surface area contributed by atoms with Crippen LogP contribution < -0.4 is 0 Å². The molecule has 0 radical (unpaired) electrons. The zero-order chi connectivity index (χ0) is 15.3. The Morgan fingerprint density at radius 2 is 1.19 bits per heavy atom. The van der Waals surface area contributed by atoms with Crippen LogP contribution in [0.25, 0.3) is 22.0 Å². The Kier molecular flexibility index (Phi) is 2.93. The fourth-order valence-electron chi connectivity index (χ4n) is 2.13. The molecule has 3 rings (SSSR count). The molecule has 7 heteroatoms. The van der Waals surface area contributed by atoms with Crippen LogP contribution in [0, 0.1) is 34.9 Å². The number of H-pyrrole nitrogens is 1. The van der Waals surface area contributed by atoms with E-state index in [0.29, 0.717) is 5.52 Å². The molecule has 0 bridgehead atoms. The SMILES string of the molecule is Fc1c(F)c(F)c(-c2ccc3[nH]ccc3c2F)c(F)c1F. The fourth-order valence-corrected chi connectivity index (χ4v) is 2.13. The monoisotopic (exact) mass is 301 g/mol. The predicted octanol–water partition coefficient (Wildman–Crippen LogP) is 4.67. The van der Waals surface area contributed by atoms with Gasteiger partial charge in [-0.3, -0.25) is 0 Å². The van der Waals surface area contributed by atoms with E-state index < -0.39 is 46.0 Å². The van der Waals surface area contributed by atoms with Gasteiger partial charge in [0.1, 0.15) is 5.82 Å². The maximum atomic E-state index is 14.2. The van der Waals surface area contributed by atoms with Crippen LogP contribution in [-0.4, -0.2) is 4.98 Å². The van der Waals surface area contributed by atoms with E-state index in [-0.39, 0.29) is 5.39 Å². The lowest BCUT2D eigenvalue weighted by Crippen LogP contribution is -2.05. The summed E-state index contributed by atoms with van der Waals surface area (Å²) in [6.45, 7) is 0. The summed E-state index contributed by atoms with van der Waals surface area (Å²) >= 11 is 0. The minimum Gasteiger partial charge on any atom is -0.361 e. The third-order valence-corrected chi connectivity index (χ3v) is 3.15. The molecule has 0 amide bonds. The highest BCUT2D eigenvalue weighted by Gasteiger charge is 2.28. The molecular formula is C14H5F6N. The molecule has 1 nitrogen and oxygen atoms in total. The number of halogens is 6. The Morgan fingerprint density at radius 3 is 1.81 bits per heavy atom. The van der Waals surface area contributed by atoms with Crippen molar-refractivity contribution in [2.45, 2.75) is 0 Å². The third-order valence-electron chi connectivity index (χ3n) is 3.15. The van der Waals surface area contributed by atoms with Crippen LogP contribution in [0.1, 0.15) is 0 Å². The summed E-state index contributed by atoms with van der Waals surface area (Å²) in [7, 11) is 0. The normalized spacial score (nSPS) is 11.3. The summed E-state index contributed by atoms with van der Waals surface area (Å²) in [6.07, 6.45) is 1.38. The maximum absolute atomic E-state index is 14.2. The average molecular weight is 301 g/mol. The van der Waals surface area contributed by atoms with E-state index in [9.17, 15) is 26.3 Å². The summed E-state index contributed by atoms with van der Waals surface area (Å²) in [6, 6.07) is 3.53. The molecule has 21 heavy (non-hydrogen) atoms. The van der Waals surface area contributed by atoms with Crippen molar-refractivity contribution in [2.24, 2.45) is 0 Å². The van der Waals surface area contributed by atoms with Gasteiger partial charge in [-0.1, -0.05) is 0 Å². The van der Waals surface area contributed by atoms with E-state index in [1.807, 2.05) is 0 Å². The fraction of sp³-hybridized carbons (Fsp3) is 0. The number of aromatic amines is 1. The molecule has 0 unspecified atom stereocenters. The average Bonchev–Trinajstić information content (AvgIpc) is 2.95. The van der Waals surface area contributed by atoms with E-state index in [1.54, 1.807) is 0 Å². The zero-order valence-electron chi connectivity index (χ0n) is 10.1. The first kappa shape index (κ1) is 13.5. The van der Waals surface area contributed by atoms with Crippen LogP contribution in [-0.2, 0) is 0 Å². The van der Waals surface area contributed by atoms with Crippen molar-refractivity contribution in [3.8, 4) is 11.1 Å². The number of benzene rings is 2. The standard InChI is InChI=1S/C14H5F6N/c15-9-5-3-4-21-7(5)2-1-6(9)8-10(16)12(18)14(20)13(19)11(8)17/h1-4,21H. The molecule has 0 atom stereocenters. The first-order chi connectivity index (χ1) is 9.93. The highest BCUT2D eigenvalue weighted by atomic mass is 19.2. The topological polar surface area (TPSA) is 15.8 Å². The summed E-state index contributed by atoms with van der Waals surface area (Å²) in [5, 5.41) is -0.0172. The van der Waals surface area contributed by atoms with Crippen LogP contribution in [0.4, 0.5) is 26.3 Å². The number of hydrogen-bond donors (Lipinski definition) is 1. The number of aromatic nitrogens is 1. The lowest BCUT2D eigenvalue weighted by atomic mass is 10.0. The van der Waals surface area contributed by atoms with Gasteiger partial charge in [-0.2, -0.15) is 0 Å². The Bertz CT molecular complexity index is 839. The van der Waals surface area contributed by atoms with Crippen LogP contribution >= 0.6 is 0 Å². The highest BCUT2D eigenvalue weighted by Crippen LogP contribution is 2.35. The van der Waals surface area contributed by atoms with Gasteiger partial charge in [0.15, 0.2) is 23.3 Å². The molecule has 0 spiro atoms. The summed E-state index contributed by atoms with van der Waals surface area (Å²) in [5.41, 5.74) is -1.65. The largest absolute Gasteiger partial charge is 0.361 e. The summed E-state index contributed by atoms with van der Waals surface area (Å²) in [4.78, 5) is 2.66. The van der Waals surface area contributed by atoms with Gasteiger partial charge in [-0.05, 0) is 18.2 Å². The molecule has 1 N–H and O–H groups in total. The van der Waals surface area contributed by atoms with Crippen molar-refractivity contribution in [1.82, 2.24) is 4.98 Å². The van der Waals surface area contributed by atoms with Gasteiger partial charge >= 0.3 is 0 Å². The molecule has 0 aliphatic carbocycles. The molecule has 1 aromatic heterocycles. The second-order valence-corrected chi connectivity index (χ2v) is 4.31. The van der Waals surface area contributed by atoms with Crippen LogP contribution in [0.2, 0.25) is 0 Å². The van der Waals surface area contributed by atoms with Crippen LogP contribution in [0.15, 0.2) is 24.4 Å². The molecule has 0 saturated heterocycles. The lowest BCUT2D eigenvalue weighted by molar-refractivity contribution is 0.381. The Hall–Kier alpha value is -2.44. The summed E-state index contributed by atoms with van der Waals surface area (Å²) < 4.78 is 81.0. The van der Waals surface area contributed by atoms with Gasteiger partial charge in [0.2, 0.25) is 5.82 Å². The zero-order valence-corrected chi connectivity index (χ0v) is 10.1. The smallest absolute Gasteiger partial charge is 0.200 e. The molecule has 2 aromatic carbocycles. The van der Waals surface area contributed by atoms with Crippen LogP contribution in [0.5, 0.6) is 0 Å². The number of rotatable bonds is 1. The van der Waals surface area contributed by atoms with Gasteiger partial charge in [0.25, 0.3) is 0 Å². The predicted molar refractivity (Wildman–Crippen MR) is 63.5 cm³/mol. The quantitative estimate of drug-likeness (QED) is 0.382. The molecular weight excluding hydrogens is 296 g/mol. The minimum atomic E-state index is -2.28. The summed E-state index contributed by atoms with van der Waals surface area (Å²) in [5.74, 6) is -11.7. The first-order valence-electron chi connectivity index (χ1n) is 5.71. The first-order valence-corrected chi connectivity index (χ1v) is 5.71. The number of hydrogen-bond acceptors (Lipinski definition) is 0. The molecule has 0 aliphatic heterocycles. The van der Waals surface area contributed by atoms with Crippen molar-refractivity contribution in [2.75, 3.05) is 0 Å². The Labute approximate surface area is 113 Å². The van der Waals surface area contributed by atoms with Crippen molar-refractivity contribution < 1.29 is 26.3 Å². The second kappa shape index (κ2) is 4.54. The van der Waals surface area contributed by atoms with E-state index >= 15 is 0 Å². The van der Waals surface area contributed by atoms with Gasteiger partial charge in [-0.25, -0.2) is 26.3 Å². The minimum absolute atomic E-state index is 0.0172. The van der Waals surface area contributed by atoms with Crippen molar-refractivity contribution in [1.29, 1.82) is 0 Å². The van der Waals surface area contributed by atoms with Gasteiger partial charge in [0.05, 0.1) is 5.56 Å². The number of nitrogens with one attached hydrogen (secondary N) is 1. The molecule has 0 fully saturated rings. The Balaban J connectivity index is 2.40. The third kappa shape index (κ3) is 1.80. The van der Waals surface area contributed by atoms with Gasteiger partial charge < -0.3 is 4.98 Å². The maximum Gasteiger partial charge on any atom is 0.200 e. The molecule has 1 heterocycles. The van der Waals surface area contributed by atoms with Crippen molar-refractivity contribution in [3.05, 3.63) is 59.3 Å².